The molecule has 2 fully saturated rings. The van der Waals surface area contributed by atoms with Crippen molar-refractivity contribution in [2.45, 2.75) is 31.7 Å². The van der Waals surface area contributed by atoms with Gasteiger partial charge in [0, 0.05) is 55.8 Å². The molecule has 9 heteroatoms. The van der Waals surface area contributed by atoms with Crippen molar-refractivity contribution in [3.63, 3.8) is 0 Å². The van der Waals surface area contributed by atoms with Gasteiger partial charge >= 0.3 is 11.6 Å². The molecule has 2 atom stereocenters. The minimum atomic E-state index is -0.524. The first-order valence-electron chi connectivity index (χ1n) is 10.3. The van der Waals surface area contributed by atoms with Gasteiger partial charge in [-0.1, -0.05) is 24.4 Å². The average molecular weight is 433 g/mol. The van der Waals surface area contributed by atoms with Crippen molar-refractivity contribution in [3.8, 4) is 0 Å². The molecule has 2 heterocycles. The number of hydrogen-bond acceptors (Lipinski definition) is 5. The Morgan fingerprint density at radius 3 is 2.37 bits per heavy atom. The summed E-state index contributed by atoms with van der Waals surface area (Å²) >= 11 is 5.90. The van der Waals surface area contributed by atoms with E-state index in [1.165, 1.54) is 0 Å². The molecule has 2 aliphatic heterocycles. The summed E-state index contributed by atoms with van der Waals surface area (Å²) < 4.78 is 0. The molecule has 30 heavy (non-hydrogen) atoms. The Bertz CT molecular complexity index is 893. The van der Waals surface area contributed by atoms with Crippen LogP contribution in [0.4, 0.5) is 0 Å². The summed E-state index contributed by atoms with van der Waals surface area (Å²) in [6.07, 6.45) is 3.76. The fraction of sp³-hybridized carbons (Fsp3) is 0.524. The third kappa shape index (κ3) is 3.64. The Hall–Kier alpha value is -2.61. The Labute approximate surface area is 180 Å². The molecule has 160 valence electrons. The van der Waals surface area contributed by atoms with Gasteiger partial charge in [-0.05, 0) is 37.1 Å². The van der Waals surface area contributed by atoms with Crippen LogP contribution in [0.5, 0.6) is 0 Å². The van der Waals surface area contributed by atoms with Crippen LogP contribution in [0.3, 0.4) is 0 Å². The Morgan fingerprint density at radius 1 is 1.10 bits per heavy atom. The van der Waals surface area contributed by atoms with E-state index in [2.05, 4.69) is 0 Å². The molecular formula is C21H25ClN4O4. The van der Waals surface area contributed by atoms with Crippen molar-refractivity contribution in [1.29, 1.82) is 0 Å². The normalized spacial score (nSPS) is 24.7. The lowest BCUT2D eigenvalue weighted by Gasteiger charge is -2.46. The van der Waals surface area contributed by atoms with E-state index in [4.69, 9.17) is 11.6 Å². The molecular weight excluding hydrogens is 408 g/mol. The second kappa shape index (κ2) is 8.26. The summed E-state index contributed by atoms with van der Waals surface area (Å²) in [5, 5.41) is 12.4. The molecule has 2 amide bonds. The van der Waals surface area contributed by atoms with E-state index in [9.17, 15) is 19.7 Å². The van der Waals surface area contributed by atoms with Crippen molar-refractivity contribution >= 4 is 23.4 Å². The monoisotopic (exact) mass is 432 g/mol. The van der Waals surface area contributed by atoms with Gasteiger partial charge < -0.3 is 14.7 Å². The van der Waals surface area contributed by atoms with Gasteiger partial charge in [0.25, 0.3) is 5.91 Å². The average Bonchev–Trinajstić information content (AvgIpc) is 2.76. The standard InChI is InChI=1S/C21H25ClN4O4/c1-23-17-5-3-2-4-16(17)18(19(21(23)28)26(29)30)24-10-12-25(13-11-24)20(27)14-6-8-15(22)9-7-14/h6-9,16-17H,2-5,10-13H2,1H3. The third-order valence-corrected chi connectivity index (χ3v) is 6.78. The fourth-order valence-corrected chi connectivity index (χ4v) is 5.10. The molecule has 4 rings (SSSR count). The summed E-state index contributed by atoms with van der Waals surface area (Å²) in [6, 6.07) is 6.79. The zero-order valence-corrected chi connectivity index (χ0v) is 17.7. The van der Waals surface area contributed by atoms with Gasteiger partial charge in [0.05, 0.1) is 4.92 Å². The molecule has 1 saturated heterocycles. The molecule has 0 spiro atoms. The molecule has 0 bridgehead atoms. The largest absolute Gasteiger partial charge is 0.365 e. The molecule has 2 unspecified atom stereocenters. The molecule has 0 N–H and O–H groups in total. The van der Waals surface area contributed by atoms with Gasteiger partial charge in [-0.3, -0.25) is 19.7 Å². The SMILES string of the molecule is CN1C(=O)C([N+](=O)[O-])=C(N2CCN(C(=O)c3ccc(Cl)cc3)CC2)C2CCCCC21. The van der Waals surface area contributed by atoms with Crippen molar-refractivity contribution in [1.82, 2.24) is 14.7 Å². The first-order valence-corrected chi connectivity index (χ1v) is 10.7. The van der Waals surface area contributed by atoms with Crippen LogP contribution in [0.1, 0.15) is 36.0 Å². The maximum atomic E-state index is 12.8. The topological polar surface area (TPSA) is 87.0 Å². The molecule has 8 nitrogen and oxygen atoms in total. The first kappa shape index (κ1) is 20.7. The number of carbonyl (C=O) groups is 2. The highest BCUT2D eigenvalue weighted by Crippen LogP contribution is 2.40. The highest BCUT2D eigenvalue weighted by molar-refractivity contribution is 6.30. The van der Waals surface area contributed by atoms with E-state index in [0.717, 1.165) is 25.7 Å². The lowest BCUT2D eigenvalue weighted by Crippen LogP contribution is -2.56. The minimum Gasteiger partial charge on any atom is -0.365 e. The smallest absolute Gasteiger partial charge is 0.352 e. The zero-order chi connectivity index (χ0) is 21.4. The number of rotatable bonds is 3. The summed E-state index contributed by atoms with van der Waals surface area (Å²) in [4.78, 5) is 42.1. The minimum absolute atomic E-state index is 0.0127. The summed E-state index contributed by atoms with van der Waals surface area (Å²) in [6.45, 7) is 1.87. The second-order valence-electron chi connectivity index (χ2n) is 8.15. The van der Waals surface area contributed by atoms with Crippen LogP contribution in [0.25, 0.3) is 0 Å². The molecule has 1 aromatic rings. The second-order valence-corrected chi connectivity index (χ2v) is 8.59. The van der Waals surface area contributed by atoms with Crippen LogP contribution < -0.4 is 0 Å². The van der Waals surface area contributed by atoms with Gasteiger partial charge in [0.15, 0.2) is 0 Å². The molecule has 0 radical (unpaired) electrons. The number of carbonyl (C=O) groups excluding carboxylic acids is 2. The molecule has 1 saturated carbocycles. The van der Waals surface area contributed by atoms with E-state index >= 15 is 0 Å². The van der Waals surface area contributed by atoms with Crippen LogP contribution in [-0.2, 0) is 4.79 Å². The van der Waals surface area contributed by atoms with E-state index in [1.54, 1.807) is 41.1 Å². The maximum Gasteiger partial charge on any atom is 0.352 e. The molecule has 3 aliphatic rings. The molecule has 1 aliphatic carbocycles. The number of piperazine rings is 1. The quantitative estimate of drug-likeness (QED) is 0.541. The highest BCUT2D eigenvalue weighted by atomic mass is 35.5. The lowest BCUT2D eigenvalue weighted by molar-refractivity contribution is -0.424. The van der Waals surface area contributed by atoms with Crippen molar-refractivity contribution < 1.29 is 14.5 Å². The van der Waals surface area contributed by atoms with Gasteiger partial charge in [0.2, 0.25) is 0 Å². The first-order chi connectivity index (χ1) is 14.4. The maximum absolute atomic E-state index is 12.8. The van der Waals surface area contributed by atoms with Gasteiger partial charge in [-0.2, -0.15) is 0 Å². The van der Waals surface area contributed by atoms with Crippen molar-refractivity contribution in [2.75, 3.05) is 33.2 Å². The van der Waals surface area contributed by atoms with E-state index in [1.807, 2.05) is 4.90 Å². The number of halogens is 1. The summed E-state index contributed by atoms with van der Waals surface area (Å²) in [5.41, 5.74) is 0.851. The van der Waals surface area contributed by atoms with Gasteiger partial charge in [-0.25, -0.2) is 0 Å². The van der Waals surface area contributed by atoms with Gasteiger partial charge in [-0.15, -0.1) is 0 Å². The van der Waals surface area contributed by atoms with E-state index in [0.29, 0.717) is 42.5 Å². The lowest BCUT2D eigenvalue weighted by atomic mass is 9.78. The highest BCUT2D eigenvalue weighted by Gasteiger charge is 2.48. The number of nitrogens with zero attached hydrogens (tertiary/aromatic N) is 4. The number of likely N-dealkylation sites (N-methyl/N-ethyl adjacent to an activating group) is 1. The number of benzene rings is 1. The number of hydrogen-bond donors (Lipinski definition) is 0. The zero-order valence-electron chi connectivity index (χ0n) is 16.9. The van der Waals surface area contributed by atoms with Crippen LogP contribution in [-0.4, -0.2) is 70.7 Å². The van der Waals surface area contributed by atoms with E-state index in [-0.39, 0.29) is 23.6 Å². The third-order valence-electron chi connectivity index (χ3n) is 6.53. The van der Waals surface area contributed by atoms with Gasteiger partial charge in [0.1, 0.15) is 5.70 Å². The molecule has 1 aromatic carbocycles. The van der Waals surface area contributed by atoms with E-state index < -0.39 is 10.8 Å². The molecule has 0 aromatic heterocycles. The van der Waals surface area contributed by atoms with Crippen LogP contribution in [0, 0.1) is 16.0 Å². The van der Waals surface area contributed by atoms with Crippen molar-refractivity contribution in [2.24, 2.45) is 5.92 Å². The number of nitro groups is 1. The number of amides is 2. The predicted molar refractivity (Wildman–Crippen MR) is 111 cm³/mol. The Kier molecular flexibility index (Phi) is 5.69. The predicted octanol–water partition coefficient (Wildman–Crippen LogP) is 2.62. The fourth-order valence-electron chi connectivity index (χ4n) is 4.98. The van der Waals surface area contributed by atoms with Crippen molar-refractivity contribution in [3.05, 3.63) is 56.4 Å². The summed E-state index contributed by atoms with van der Waals surface area (Å²) in [7, 11) is 1.67. The number of fused-ring (bicyclic) bond motifs is 1. The van der Waals surface area contributed by atoms with Crippen LogP contribution in [0.2, 0.25) is 5.02 Å². The summed E-state index contributed by atoms with van der Waals surface area (Å²) in [5.74, 6) is -0.594. The van der Waals surface area contributed by atoms with Crippen LogP contribution in [0.15, 0.2) is 35.7 Å². The van der Waals surface area contributed by atoms with Crippen LogP contribution >= 0.6 is 11.6 Å². The Balaban J connectivity index is 1.56. The Morgan fingerprint density at radius 2 is 1.73 bits per heavy atom.